The third kappa shape index (κ3) is 5.74. The summed E-state index contributed by atoms with van der Waals surface area (Å²) in [6.45, 7) is 0. The smallest absolute Gasteiger partial charge is 0.406 e. The topological polar surface area (TPSA) is 50.4 Å². The Morgan fingerprint density at radius 3 is 2.26 bits per heavy atom. The quantitative estimate of drug-likeness (QED) is 0.773. The maximum absolute atomic E-state index is 12.2. The third-order valence-corrected chi connectivity index (χ3v) is 3.38. The van der Waals surface area contributed by atoms with Gasteiger partial charge in [0.25, 0.3) is 0 Å². The number of hydrogen-bond donors (Lipinski definition) is 2. The number of alkyl halides is 3. The molecule has 0 bridgehead atoms. The Morgan fingerprint density at radius 2 is 1.65 bits per heavy atom. The van der Waals surface area contributed by atoms with E-state index in [1.165, 1.54) is 23.9 Å². The van der Waals surface area contributed by atoms with Gasteiger partial charge in [0.05, 0.1) is 0 Å². The molecule has 0 spiro atoms. The van der Waals surface area contributed by atoms with Crippen molar-refractivity contribution in [3.63, 3.8) is 0 Å². The van der Waals surface area contributed by atoms with Crippen LogP contribution in [0.15, 0.2) is 53.4 Å². The van der Waals surface area contributed by atoms with E-state index in [9.17, 15) is 18.0 Å². The molecule has 0 saturated carbocycles. The summed E-state index contributed by atoms with van der Waals surface area (Å²) in [5, 5.41) is 5.06. The van der Waals surface area contributed by atoms with E-state index in [-0.39, 0.29) is 5.69 Å². The van der Waals surface area contributed by atoms with Crippen LogP contribution in [0.4, 0.5) is 29.3 Å². The Morgan fingerprint density at radius 1 is 1.04 bits per heavy atom. The normalized spacial score (nSPS) is 11.0. The lowest BCUT2D eigenvalue weighted by Crippen LogP contribution is -2.20. The summed E-state index contributed by atoms with van der Waals surface area (Å²) in [5.74, 6) is -0.403. The van der Waals surface area contributed by atoms with Crippen LogP contribution in [0.2, 0.25) is 0 Å². The molecule has 4 nitrogen and oxygen atoms in total. The molecule has 0 aliphatic heterocycles. The first kappa shape index (κ1) is 17.0. The van der Waals surface area contributed by atoms with Crippen LogP contribution in [0.1, 0.15) is 0 Å². The van der Waals surface area contributed by atoms with Crippen molar-refractivity contribution in [3.05, 3.63) is 48.5 Å². The number of halogens is 3. The minimum Gasteiger partial charge on any atom is -0.406 e. The number of ether oxygens (including phenoxy) is 1. The average molecular weight is 342 g/mol. The fourth-order valence-electron chi connectivity index (χ4n) is 1.77. The molecule has 0 aliphatic rings. The van der Waals surface area contributed by atoms with E-state index < -0.39 is 18.1 Å². The van der Waals surface area contributed by atoms with Gasteiger partial charge in [0, 0.05) is 22.3 Å². The molecule has 8 heteroatoms. The molecule has 2 aromatic rings. The van der Waals surface area contributed by atoms with E-state index in [0.717, 1.165) is 17.0 Å². The predicted molar refractivity (Wildman–Crippen MR) is 84.0 cm³/mol. The number of thioether (sulfide) groups is 1. The van der Waals surface area contributed by atoms with E-state index in [2.05, 4.69) is 15.4 Å². The Balaban J connectivity index is 2.01. The SMILES string of the molecule is CSc1cccc(NC(=O)Nc2cccc(OC(F)(F)F)c2)c1. The van der Waals surface area contributed by atoms with Gasteiger partial charge in [-0.1, -0.05) is 12.1 Å². The molecule has 0 atom stereocenters. The summed E-state index contributed by atoms with van der Waals surface area (Å²) < 4.78 is 40.3. The zero-order valence-electron chi connectivity index (χ0n) is 12.0. The zero-order chi connectivity index (χ0) is 16.9. The highest BCUT2D eigenvalue weighted by atomic mass is 32.2. The number of carbonyl (C=O) groups excluding carboxylic acids is 1. The average Bonchev–Trinajstić information content (AvgIpc) is 2.45. The maximum Gasteiger partial charge on any atom is 0.573 e. The standard InChI is InChI=1S/C15H13F3N2O2S/c1-23-13-7-3-5-11(9-13)20-14(21)19-10-4-2-6-12(8-10)22-15(16,17)18/h2-9H,1H3,(H2,19,20,21). The van der Waals surface area contributed by atoms with E-state index in [1.54, 1.807) is 18.2 Å². The summed E-state index contributed by atoms with van der Waals surface area (Å²) in [6.07, 6.45) is -2.87. The Hall–Kier alpha value is -2.35. The molecule has 0 heterocycles. The summed E-state index contributed by atoms with van der Waals surface area (Å²) >= 11 is 1.53. The van der Waals surface area contributed by atoms with Gasteiger partial charge in [-0.25, -0.2) is 4.79 Å². The fourth-order valence-corrected chi connectivity index (χ4v) is 2.22. The van der Waals surface area contributed by atoms with Crippen LogP contribution in [-0.4, -0.2) is 18.6 Å². The van der Waals surface area contributed by atoms with Crippen molar-refractivity contribution in [2.75, 3.05) is 16.9 Å². The van der Waals surface area contributed by atoms with Crippen molar-refractivity contribution in [1.82, 2.24) is 0 Å². The van der Waals surface area contributed by atoms with Gasteiger partial charge in [-0.3, -0.25) is 0 Å². The number of amides is 2. The van der Waals surface area contributed by atoms with Crippen LogP contribution in [0.3, 0.4) is 0 Å². The minimum atomic E-state index is -4.78. The van der Waals surface area contributed by atoms with Crippen molar-refractivity contribution in [2.45, 2.75) is 11.3 Å². The van der Waals surface area contributed by atoms with Gasteiger partial charge in [-0.15, -0.1) is 24.9 Å². The lowest BCUT2D eigenvalue weighted by molar-refractivity contribution is -0.274. The van der Waals surface area contributed by atoms with Gasteiger partial charge >= 0.3 is 12.4 Å². The Kier molecular flexibility index (Phi) is 5.38. The number of nitrogens with one attached hydrogen (secondary N) is 2. The maximum atomic E-state index is 12.2. The van der Waals surface area contributed by atoms with Crippen LogP contribution in [-0.2, 0) is 0 Å². The highest BCUT2D eigenvalue weighted by Gasteiger charge is 2.31. The number of carbonyl (C=O) groups is 1. The number of rotatable bonds is 4. The van der Waals surface area contributed by atoms with Crippen molar-refractivity contribution in [3.8, 4) is 5.75 Å². The van der Waals surface area contributed by atoms with Crippen LogP contribution in [0, 0.1) is 0 Å². The molecule has 2 aromatic carbocycles. The van der Waals surface area contributed by atoms with E-state index >= 15 is 0 Å². The second-order valence-electron chi connectivity index (χ2n) is 4.39. The van der Waals surface area contributed by atoms with Gasteiger partial charge in [-0.2, -0.15) is 0 Å². The first-order valence-corrected chi connectivity index (χ1v) is 7.66. The van der Waals surface area contributed by atoms with E-state index in [0.29, 0.717) is 5.69 Å². The molecule has 0 radical (unpaired) electrons. The molecular formula is C15H13F3N2O2S. The summed E-state index contributed by atoms with van der Waals surface area (Å²) in [5.41, 5.74) is 0.766. The molecular weight excluding hydrogens is 329 g/mol. The minimum absolute atomic E-state index is 0.185. The molecule has 2 amide bonds. The van der Waals surface area contributed by atoms with E-state index in [1.807, 2.05) is 12.3 Å². The number of urea groups is 1. The third-order valence-electron chi connectivity index (χ3n) is 2.65. The van der Waals surface area contributed by atoms with Gasteiger partial charge in [0.15, 0.2) is 0 Å². The Labute approximate surface area is 135 Å². The van der Waals surface area contributed by atoms with Crippen molar-refractivity contribution in [1.29, 1.82) is 0 Å². The van der Waals surface area contributed by atoms with Crippen molar-refractivity contribution >= 4 is 29.2 Å². The highest BCUT2D eigenvalue weighted by molar-refractivity contribution is 7.98. The number of benzene rings is 2. The lowest BCUT2D eigenvalue weighted by atomic mass is 10.3. The molecule has 0 unspecified atom stereocenters. The monoisotopic (exact) mass is 342 g/mol. The number of anilines is 2. The molecule has 122 valence electrons. The molecule has 2 rings (SSSR count). The molecule has 0 saturated heterocycles. The van der Waals surface area contributed by atoms with Crippen LogP contribution in [0.25, 0.3) is 0 Å². The van der Waals surface area contributed by atoms with Crippen LogP contribution >= 0.6 is 11.8 Å². The molecule has 2 N–H and O–H groups in total. The van der Waals surface area contributed by atoms with Gasteiger partial charge < -0.3 is 15.4 Å². The van der Waals surface area contributed by atoms with Gasteiger partial charge in [-0.05, 0) is 36.6 Å². The van der Waals surface area contributed by atoms with Crippen LogP contribution < -0.4 is 15.4 Å². The first-order chi connectivity index (χ1) is 10.9. The fraction of sp³-hybridized carbons (Fsp3) is 0.133. The molecule has 23 heavy (non-hydrogen) atoms. The van der Waals surface area contributed by atoms with E-state index in [4.69, 9.17) is 0 Å². The first-order valence-electron chi connectivity index (χ1n) is 6.43. The lowest BCUT2D eigenvalue weighted by Gasteiger charge is -2.11. The molecule has 0 aromatic heterocycles. The largest absolute Gasteiger partial charge is 0.573 e. The summed E-state index contributed by atoms with van der Waals surface area (Å²) in [6, 6.07) is 11.7. The number of hydrogen-bond acceptors (Lipinski definition) is 3. The highest BCUT2D eigenvalue weighted by Crippen LogP contribution is 2.25. The zero-order valence-corrected chi connectivity index (χ0v) is 12.8. The second-order valence-corrected chi connectivity index (χ2v) is 5.27. The van der Waals surface area contributed by atoms with Crippen molar-refractivity contribution < 1.29 is 22.7 Å². The molecule has 0 fully saturated rings. The van der Waals surface area contributed by atoms with Gasteiger partial charge in [0.2, 0.25) is 0 Å². The Bertz CT molecular complexity index is 692. The predicted octanol–water partition coefficient (Wildman–Crippen LogP) is 4.95. The van der Waals surface area contributed by atoms with Crippen LogP contribution in [0.5, 0.6) is 5.75 Å². The summed E-state index contributed by atoms with van der Waals surface area (Å²) in [4.78, 5) is 12.9. The van der Waals surface area contributed by atoms with Crippen molar-refractivity contribution in [2.24, 2.45) is 0 Å². The second kappa shape index (κ2) is 7.28. The summed E-state index contributed by atoms with van der Waals surface area (Å²) in [7, 11) is 0. The van der Waals surface area contributed by atoms with Gasteiger partial charge in [0.1, 0.15) is 5.75 Å². The molecule has 0 aliphatic carbocycles.